The van der Waals surface area contributed by atoms with Crippen LogP contribution in [0.25, 0.3) is 0 Å². The second-order valence-electron chi connectivity index (χ2n) is 3.83. The van der Waals surface area contributed by atoms with Gasteiger partial charge in [-0.2, -0.15) is 0 Å². The van der Waals surface area contributed by atoms with Crippen LogP contribution in [0.4, 0.5) is 5.69 Å². The van der Waals surface area contributed by atoms with Crippen molar-refractivity contribution in [2.24, 2.45) is 0 Å². The van der Waals surface area contributed by atoms with Gasteiger partial charge in [-0.25, -0.2) is 0 Å². The van der Waals surface area contributed by atoms with Crippen LogP contribution in [-0.4, -0.2) is 7.05 Å². The first-order valence-corrected chi connectivity index (χ1v) is 7.41. The molecule has 1 aromatic rings. The molecule has 0 radical (unpaired) electrons. The van der Waals surface area contributed by atoms with E-state index in [1.54, 1.807) is 0 Å². The first-order chi connectivity index (χ1) is 9.67. The molecule has 0 spiro atoms. The second-order valence-corrected chi connectivity index (χ2v) is 3.83. The molecule has 0 heterocycles. The third-order valence-corrected chi connectivity index (χ3v) is 2.50. The molecule has 0 saturated carbocycles. The lowest BCUT2D eigenvalue weighted by atomic mass is 9.99. The standard InChI is InChI=1S/C15H19N.2C2H6/c1-5-6-14(12(2)3)11-13-7-9-15(16-4)10-8-13;2*1-2/h5-10,16H,1-2,11H2,3-4H3;2*1-2H3/b14-6-;;. The van der Waals surface area contributed by atoms with Crippen LogP contribution in [-0.2, 0) is 6.42 Å². The molecule has 0 aliphatic carbocycles. The van der Waals surface area contributed by atoms with E-state index in [9.17, 15) is 0 Å². The van der Waals surface area contributed by atoms with Crippen molar-refractivity contribution in [1.29, 1.82) is 0 Å². The molecule has 0 amide bonds. The third kappa shape index (κ3) is 8.36. The molecule has 0 bridgehead atoms. The SMILES string of the molecule is C=C/C=C(/Cc1ccc(NC)cc1)C(=C)C.CC.CC. The molecule has 0 aliphatic rings. The maximum absolute atomic E-state index is 3.98. The molecule has 20 heavy (non-hydrogen) atoms. The zero-order valence-corrected chi connectivity index (χ0v) is 14.1. The quantitative estimate of drug-likeness (QED) is 0.648. The Hall–Kier alpha value is -1.76. The summed E-state index contributed by atoms with van der Waals surface area (Å²) in [5, 5.41) is 3.11. The first-order valence-electron chi connectivity index (χ1n) is 7.41. The highest BCUT2D eigenvalue weighted by molar-refractivity contribution is 5.45. The maximum atomic E-state index is 3.98. The summed E-state index contributed by atoms with van der Waals surface area (Å²) in [5.41, 5.74) is 4.74. The molecular formula is C19H31N. The molecular weight excluding hydrogens is 242 g/mol. The number of nitrogens with one attached hydrogen (secondary N) is 1. The van der Waals surface area contributed by atoms with Crippen molar-refractivity contribution in [2.75, 3.05) is 12.4 Å². The van der Waals surface area contributed by atoms with Crippen LogP contribution in [0, 0.1) is 0 Å². The van der Waals surface area contributed by atoms with E-state index in [1.165, 1.54) is 11.1 Å². The lowest BCUT2D eigenvalue weighted by Crippen LogP contribution is -1.93. The fourth-order valence-corrected chi connectivity index (χ4v) is 1.50. The third-order valence-electron chi connectivity index (χ3n) is 2.50. The van der Waals surface area contributed by atoms with Gasteiger partial charge in [-0.05, 0) is 36.6 Å². The van der Waals surface area contributed by atoms with Gasteiger partial charge in [-0.3, -0.25) is 0 Å². The molecule has 0 fully saturated rings. The predicted octanol–water partition coefficient (Wildman–Crippen LogP) is 6.01. The summed E-state index contributed by atoms with van der Waals surface area (Å²) >= 11 is 0. The zero-order valence-electron chi connectivity index (χ0n) is 14.1. The van der Waals surface area contributed by atoms with Crippen molar-refractivity contribution in [3.05, 3.63) is 66.3 Å². The van der Waals surface area contributed by atoms with Gasteiger partial charge in [0.2, 0.25) is 0 Å². The summed E-state index contributed by atoms with van der Waals surface area (Å²) < 4.78 is 0. The molecule has 1 N–H and O–H groups in total. The Morgan fingerprint density at radius 3 is 1.95 bits per heavy atom. The van der Waals surface area contributed by atoms with Gasteiger partial charge in [0.1, 0.15) is 0 Å². The van der Waals surface area contributed by atoms with Crippen molar-refractivity contribution >= 4 is 5.69 Å². The maximum Gasteiger partial charge on any atom is 0.0337 e. The summed E-state index contributed by atoms with van der Waals surface area (Å²) in [7, 11) is 1.92. The summed E-state index contributed by atoms with van der Waals surface area (Å²) in [6.45, 7) is 17.7. The average Bonchev–Trinajstić information content (AvgIpc) is 2.51. The van der Waals surface area contributed by atoms with Crippen LogP contribution >= 0.6 is 0 Å². The average molecular weight is 273 g/mol. The second kappa shape index (κ2) is 13.7. The van der Waals surface area contributed by atoms with Gasteiger partial charge in [0.05, 0.1) is 0 Å². The van der Waals surface area contributed by atoms with Crippen LogP contribution in [0.2, 0.25) is 0 Å². The number of hydrogen-bond donors (Lipinski definition) is 1. The summed E-state index contributed by atoms with van der Waals surface area (Å²) in [6, 6.07) is 8.43. The van der Waals surface area contributed by atoms with Gasteiger partial charge < -0.3 is 5.32 Å². The monoisotopic (exact) mass is 273 g/mol. The smallest absolute Gasteiger partial charge is 0.0337 e. The van der Waals surface area contributed by atoms with Crippen LogP contribution < -0.4 is 5.32 Å². The molecule has 0 aliphatic heterocycles. The Morgan fingerprint density at radius 1 is 1.10 bits per heavy atom. The lowest BCUT2D eigenvalue weighted by Gasteiger charge is -2.07. The van der Waals surface area contributed by atoms with Crippen molar-refractivity contribution in [2.45, 2.75) is 41.0 Å². The molecule has 0 aromatic heterocycles. The number of allylic oxidation sites excluding steroid dienone is 4. The predicted molar refractivity (Wildman–Crippen MR) is 95.5 cm³/mol. The topological polar surface area (TPSA) is 12.0 Å². The fourth-order valence-electron chi connectivity index (χ4n) is 1.50. The highest BCUT2D eigenvalue weighted by Gasteiger charge is 2.00. The van der Waals surface area contributed by atoms with E-state index in [0.717, 1.165) is 17.7 Å². The number of hydrogen-bond acceptors (Lipinski definition) is 1. The molecule has 0 atom stereocenters. The van der Waals surface area contributed by atoms with Gasteiger partial charge >= 0.3 is 0 Å². The summed E-state index contributed by atoms with van der Waals surface area (Å²) in [5.74, 6) is 0. The van der Waals surface area contributed by atoms with E-state index in [2.05, 4.69) is 42.7 Å². The van der Waals surface area contributed by atoms with Gasteiger partial charge in [0, 0.05) is 12.7 Å². The number of rotatable bonds is 5. The molecule has 1 nitrogen and oxygen atoms in total. The number of benzene rings is 1. The summed E-state index contributed by atoms with van der Waals surface area (Å²) in [6.07, 6.45) is 4.74. The van der Waals surface area contributed by atoms with E-state index in [4.69, 9.17) is 0 Å². The van der Waals surface area contributed by atoms with Crippen LogP contribution in [0.3, 0.4) is 0 Å². The number of anilines is 1. The lowest BCUT2D eigenvalue weighted by molar-refractivity contribution is 1.15. The molecule has 0 unspecified atom stereocenters. The Bertz CT molecular complexity index is 396. The van der Waals surface area contributed by atoms with E-state index in [1.807, 2.05) is 53.8 Å². The largest absolute Gasteiger partial charge is 0.388 e. The Morgan fingerprint density at radius 2 is 1.60 bits per heavy atom. The van der Waals surface area contributed by atoms with Crippen molar-refractivity contribution in [3.63, 3.8) is 0 Å². The van der Waals surface area contributed by atoms with Crippen LogP contribution in [0.1, 0.15) is 40.2 Å². The Kier molecular flexibility index (Phi) is 14.0. The highest BCUT2D eigenvalue weighted by Crippen LogP contribution is 2.16. The van der Waals surface area contributed by atoms with Crippen molar-refractivity contribution in [1.82, 2.24) is 0 Å². The fraction of sp³-hybridized carbons (Fsp3) is 0.368. The summed E-state index contributed by atoms with van der Waals surface area (Å²) in [4.78, 5) is 0. The molecule has 112 valence electrons. The van der Waals surface area contributed by atoms with Crippen LogP contribution in [0.5, 0.6) is 0 Å². The molecule has 1 aromatic carbocycles. The normalized spacial score (nSPS) is 9.40. The first kappa shape index (κ1) is 20.6. The Labute approximate surface area is 126 Å². The minimum absolute atomic E-state index is 0.908. The van der Waals surface area contributed by atoms with E-state index in [0.29, 0.717) is 0 Å². The van der Waals surface area contributed by atoms with Gasteiger partial charge in [-0.1, -0.05) is 70.7 Å². The highest BCUT2D eigenvalue weighted by atomic mass is 14.8. The van der Waals surface area contributed by atoms with E-state index < -0.39 is 0 Å². The van der Waals surface area contributed by atoms with Gasteiger partial charge in [0.25, 0.3) is 0 Å². The van der Waals surface area contributed by atoms with E-state index >= 15 is 0 Å². The molecule has 0 saturated heterocycles. The minimum atomic E-state index is 0.908. The molecule has 1 heteroatoms. The molecule has 1 rings (SSSR count). The van der Waals surface area contributed by atoms with Gasteiger partial charge in [-0.15, -0.1) is 0 Å². The zero-order chi connectivity index (χ0) is 16.0. The van der Waals surface area contributed by atoms with Crippen LogP contribution in [0.15, 0.2) is 60.7 Å². The van der Waals surface area contributed by atoms with Crippen molar-refractivity contribution in [3.8, 4) is 0 Å². The van der Waals surface area contributed by atoms with E-state index in [-0.39, 0.29) is 0 Å². The minimum Gasteiger partial charge on any atom is -0.388 e. The van der Waals surface area contributed by atoms with Crippen molar-refractivity contribution < 1.29 is 0 Å². The van der Waals surface area contributed by atoms with Gasteiger partial charge in [0.15, 0.2) is 0 Å². The Balaban J connectivity index is 0.